The van der Waals surface area contributed by atoms with Crippen LogP contribution in [0.4, 0.5) is 10.5 Å². The van der Waals surface area contributed by atoms with E-state index in [-0.39, 0.29) is 6.03 Å². The Labute approximate surface area is 128 Å². The Morgan fingerprint density at radius 3 is 3.00 bits per heavy atom. The van der Waals surface area contributed by atoms with Crippen molar-refractivity contribution in [3.05, 3.63) is 36.9 Å². The zero-order chi connectivity index (χ0) is 15.1. The highest BCUT2D eigenvalue weighted by Crippen LogP contribution is 2.15. The summed E-state index contributed by atoms with van der Waals surface area (Å²) in [4.78, 5) is 17.9. The molecule has 0 aromatic carbocycles. The van der Waals surface area contributed by atoms with Crippen LogP contribution in [0, 0.1) is 0 Å². The molecule has 21 heavy (non-hydrogen) atoms. The summed E-state index contributed by atoms with van der Waals surface area (Å²) in [6, 6.07) is 3.67. The summed E-state index contributed by atoms with van der Waals surface area (Å²) in [6.45, 7) is 3.19. The van der Waals surface area contributed by atoms with Crippen molar-refractivity contribution in [2.75, 3.05) is 30.0 Å². The molecule has 2 rings (SSSR count). The fourth-order valence-electron chi connectivity index (χ4n) is 1.88. The molecule has 2 heterocycles. The van der Waals surface area contributed by atoms with Crippen LogP contribution in [0.3, 0.4) is 0 Å². The first-order chi connectivity index (χ1) is 10.3. The molecule has 0 aliphatic heterocycles. The Kier molecular flexibility index (Phi) is 5.62. The summed E-state index contributed by atoms with van der Waals surface area (Å²) < 4.78 is 1.71. The predicted molar refractivity (Wildman–Crippen MR) is 86.2 cm³/mol. The SMILES string of the molecule is CCN(C(=O)NCCSC)c1cnn(-c2cccnc2)c1. The normalized spacial score (nSPS) is 10.4. The molecule has 0 unspecified atom stereocenters. The Hall–Kier alpha value is -2.02. The van der Waals surface area contributed by atoms with Crippen LogP contribution in [0.15, 0.2) is 36.9 Å². The van der Waals surface area contributed by atoms with Crippen molar-refractivity contribution in [1.29, 1.82) is 0 Å². The van der Waals surface area contributed by atoms with Crippen molar-refractivity contribution in [3.63, 3.8) is 0 Å². The van der Waals surface area contributed by atoms with Gasteiger partial charge in [0.2, 0.25) is 0 Å². The van der Waals surface area contributed by atoms with Gasteiger partial charge >= 0.3 is 6.03 Å². The lowest BCUT2D eigenvalue weighted by atomic mass is 10.4. The highest BCUT2D eigenvalue weighted by Gasteiger charge is 2.15. The molecule has 0 saturated carbocycles. The fourth-order valence-corrected chi connectivity index (χ4v) is 2.19. The Morgan fingerprint density at radius 2 is 2.33 bits per heavy atom. The van der Waals surface area contributed by atoms with Crippen LogP contribution in [-0.4, -0.2) is 45.9 Å². The van der Waals surface area contributed by atoms with E-state index in [1.54, 1.807) is 39.9 Å². The van der Waals surface area contributed by atoms with E-state index in [1.807, 2.05) is 31.5 Å². The van der Waals surface area contributed by atoms with E-state index in [0.29, 0.717) is 13.1 Å². The zero-order valence-electron chi connectivity index (χ0n) is 12.2. The first-order valence-electron chi connectivity index (χ1n) is 6.75. The van der Waals surface area contributed by atoms with Gasteiger partial charge in [-0.25, -0.2) is 9.48 Å². The Morgan fingerprint density at radius 1 is 1.48 bits per heavy atom. The third-order valence-corrected chi connectivity index (χ3v) is 3.55. The van der Waals surface area contributed by atoms with Gasteiger partial charge in [0.25, 0.3) is 0 Å². The number of rotatable bonds is 6. The van der Waals surface area contributed by atoms with Crippen LogP contribution in [0.2, 0.25) is 0 Å². The summed E-state index contributed by atoms with van der Waals surface area (Å²) in [5.41, 5.74) is 1.63. The molecule has 0 aliphatic carbocycles. The largest absolute Gasteiger partial charge is 0.337 e. The predicted octanol–water partition coefficient (Wildman–Crippen LogP) is 2.17. The molecule has 0 saturated heterocycles. The lowest BCUT2D eigenvalue weighted by Gasteiger charge is -2.19. The minimum Gasteiger partial charge on any atom is -0.337 e. The number of carbonyl (C=O) groups is 1. The molecular formula is C14H19N5OS. The number of carbonyl (C=O) groups excluding carboxylic acids is 1. The monoisotopic (exact) mass is 305 g/mol. The zero-order valence-corrected chi connectivity index (χ0v) is 13.0. The van der Waals surface area contributed by atoms with E-state index >= 15 is 0 Å². The molecule has 112 valence electrons. The van der Waals surface area contributed by atoms with Gasteiger partial charge in [-0.1, -0.05) is 0 Å². The van der Waals surface area contributed by atoms with Crippen molar-refractivity contribution >= 4 is 23.5 Å². The molecule has 1 N–H and O–H groups in total. The van der Waals surface area contributed by atoms with Gasteiger partial charge in [0.05, 0.1) is 30.0 Å². The highest BCUT2D eigenvalue weighted by molar-refractivity contribution is 7.98. The summed E-state index contributed by atoms with van der Waals surface area (Å²) >= 11 is 1.70. The number of anilines is 1. The molecule has 0 atom stereocenters. The van der Waals surface area contributed by atoms with Crippen LogP contribution in [-0.2, 0) is 0 Å². The van der Waals surface area contributed by atoms with E-state index < -0.39 is 0 Å². The second-order valence-corrected chi connectivity index (χ2v) is 5.31. The van der Waals surface area contributed by atoms with Crippen molar-refractivity contribution < 1.29 is 4.79 Å². The number of nitrogens with zero attached hydrogens (tertiary/aromatic N) is 4. The molecule has 7 heteroatoms. The molecule has 0 fully saturated rings. The van der Waals surface area contributed by atoms with Gasteiger partial charge in [-0.3, -0.25) is 9.88 Å². The van der Waals surface area contributed by atoms with Crippen molar-refractivity contribution in [1.82, 2.24) is 20.1 Å². The van der Waals surface area contributed by atoms with Gasteiger partial charge in [-0.15, -0.1) is 0 Å². The molecule has 2 amide bonds. The van der Waals surface area contributed by atoms with Gasteiger partial charge in [0.15, 0.2) is 0 Å². The number of hydrogen-bond donors (Lipinski definition) is 1. The van der Waals surface area contributed by atoms with Gasteiger partial charge in [0, 0.05) is 25.0 Å². The van der Waals surface area contributed by atoms with Crippen molar-refractivity contribution in [2.24, 2.45) is 0 Å². The lowest BCUT2D eigenvalue weighted by Crippen LogP contribution is -2.40. The topological polar surface area (TPSA) is 63.1 Å². The minimum absolute atomic E-state index is 0.0997. The van der Waals surface area contributed by atoms with Gasteiger partial charge in [0.1, 0.15) is 0 Å². The molecule has 0 spiro atoms. The summed E-state index contributed by atoms with van der Waals surface area (Å²) in [5.74, 6) is 0.901. The summed E-state index contributed by atoms with van der Waals surface area (Å²) in [5, 5.41) is 7.18. The van der Waals surface area contributed by atoms with Crippen molar-refractivity contribution in [3.8, 4) is 5.69 Å². The number of pyridine rings is 1. The molecule has 0 bridgehead atoms. The Bertz CT molecular complexity index is 572. The maximum atomic E-state index is 12.2. The molecule has 0 aliphatic rings. The molecular weight excluding hydrogens is 286 g/mol. The summed E-state index contributed by atoms with van der Waals surface area (Å²) in [7, 11) is 0. The Balaban J connectivity index is 2.09. The molecule has 2 aromatic heterocycles. The summed E-state index contributed by atoms with van der Waals surface area (Å²) in [6.07, 6.45) is 8.97. The molecule has 0 radical (unpaired) electrons. The van der Waals surface area contributed by atoms with Crippen LogP contribution in [0.1, 0.15) is 6.92 Å². The third kappa shape index (κ3) is 3.98. The standard InChI is InChI=1S/C14H19N5OS/c1-3-18(14(20)16-7-8-21-2)13-10-17-19(11-13)12-5-4-6-15-9-12/h4-6,9-11H,3,7-8H2,1-2H3,(H,16,20). The van der Waals surface area contributed by atoms with Crippen LogP contribution >= 0.6 is 11.8 Å². The minimum atomic E-state index is -0.0997. The second-order valence-electron chi connectivity index (χ2n) is 4.32. The van der Waals surface area contributed by atoms with E-state index in [1.165, 1.54) is 0 Å². The van der Waals surface area contributed by atoms with E-state index in [0.717, 1.165) is 17.1 Å². The van der Waals surface area contributed by atoms with Crippen LogP contribution in [0.5, 0.6) is 0 Å². The first-order valence-corrected chi connectivity index (χ1v) is 8.15. The average molecular weight is 305 g/mol. The maximum Gasteiger partial charge on any atom is 0.321 e. The van der Waals surface area contributed by atoms with Gasteiger partial charge < -0.3 is 5.32 Å². The van der Waals surface area contributed by atoms with E-state index in [9.17, 15) is 4.79 Å². The fraction of sp³-hybridized carbons (Fsp3) is 0.357. The average Bonchev–Trinajstić information content (AvgIpc) is 2.99. The maximum absolute atomic E-state index is 12.2. The highest BCUT2D eigenvalue weighted by atomic mass is 32.2. The number of hydrogen-bond acceptors (Lipinski definition) is 4. The second kappa shape index (κ2) is 7.68. The first kappa shape index (κ1) is 15.4. The van der Waals surface area contributed by atoms with Gasteiger partial charge in [-0.05, 0) is 25.3 Å². The lowest BCUT2D eigenvalue weighted by molar-refractivity contribution is 0.247. The van der Waals surface area contributed by atoms with E-state index in [2.05, 4.69) is 15.4 Å². The van der Waals surface area contributed by atoms with E-state index in [4.69, 9.17) is 0 Å². The molecule has 2 aromatic rings. The number of urea groups is 1. The number of nitrogens with one attached hydrogen (secondary N) is 1. The van der Waals surface area contributed by atoms with Crippen LogP contribution < -0.4 is 10.2 Å². The number of thioether (sulfide) groups is 1. The van der Waals surface area contributed by atoms with Crippen molar-refractivity contribution in [2.45, 2.75) is 6.92 Å². The smallest absolute Gasteiger partial charge is 0.321 e. The number of amides is 2. The quantitative estimate of drug-likeness (QED) is 0.831. The van der Waals surface area contributed by atoms with Crippen LogP contribution in [0.25, 0.3) is 5.69 Å². The number of aromatic nitrogens is 3. The third-order valence-electron chi connectivity index (χ3n) is 2.93. The molecule has 6 nitrogen and oxygen atoms in total. The van der Waals surface area contributed by atoms with Gasteiger partial charge in [-0.2, -0.15) is 16.9 Å².